The molecule has 0 aromatic heterocycles. The van der Waals surface area contributed by atoms with E-state index in [1.54, 1.807) is 30.3 Å². The van der Waals surface area contributed by atoms with Crippen LogP contribution in [0.1, 0.15) is 129 Å². The second kappa shape index (κ2) is 36.9. The summed E-state index contributed by atoms with van der Waals surface area (Å²) < 4.78 is 0. The van der Waals surface area contributed by atoms with Crippen LogP contribution in [0.4, 0.5) is 0 Å². The van der Waals surface area contributed by atoms with E-state index in [2.05, 4.69) is 65.3 Å². The fourth-order valence-corrected chi connectivity index (χ4v) is 7.84. The van der Waals surface area contributed by atoms with Gasteiger partial charge in [-0.1, -0.05) is 82.2 Å². The van der Waals surface area contributed by atoms with Crippen molar-refractivity contribution in [3.05, 3.63) is 35.9 Å². The second-order valence-electron chi connectivity index (χ2n) is 18.5. The Kier molecular flexibility index (Phi) is 31.6. The van der Waals surface area contributed by atoms with E-state index in [4.69, 9.17) is 17.2 Å². The first-order chi connectivity index (χ1) is 35.8. The van der Waals surface area contributed by atoms with E-state index in [9.17, 15) is 58.2 Å². The van der Waals surface area contributed by atoms with Crippen LogP contribution >= 0.6 is 0 Å². The lowest BCUT2D eigenvalue weighted by atomic mass is 10.1. The van der Waals surface area contributed by atoms with Crippen molar-refractivity contribution in [2.45, 2.75) is 172 Å². The molecule has 75 heavy (non-hydrogen) atoms. The van der Waals surface area contributed by atoms with Gasteiger partial charge in [-0.2, -0.15) is 0 Å². The third-order valence-electron chi connectivity index (χ3n) is 12.1. The molecule has 0 aliphatic carbocycles. The SMILES string of the molecule is CCCCCCCCCCNC(=O)[C@H](CC(=O)NN[C@@H](CCCN=C(N)N)C(=O)NCC(=O)N[C@@H](CC(=O)O)C(=O)N[C@@H](Cc1ccccc1)C(=O)O)NC(=O)[C@H](CCCCN)NC(=O)[C@H](C)NC(=O)[C@@H]1CCCN1. The predicted octanol–water partition coefficient (Wildman–Crippen LogP) is -2.08. The van der Waals surface area contributed by atoms with Gasteiger partial charge in [0, 0.05) is 19.5 Å². The number of carbonyl (C=O) groups excluding carboxylic acids is 8. The third-order valence-corrected chi connectivity index (χ3v) is 12.1. The van der Waals surface area contributed by atoms with Crippen molar-refractivity contribution in [2.24, 2.45) is 22.2 Å². The number of rotatable bonds is 39. The molecule has 1 aromatic rings. The normalized spacial score (nSPS) is 15.3. The highest BCUT2D eigenvalue weighted by atomic mass is 16.4. The molecular formula is C49H82N14O12. The Morgan fingerprint density at radius 3 is 1.91 bits per heavy atom. The largest absolute Gasteiger partial charge is 0.481 e. The lowest BCUT2D eigenvalue weighted by Crippen LogP contribution is -2.58. The highest BCUT2D eigenvalue weighted by Crippen LogP contribution is 2.10. The maximum atomic E-state index is 14.0. The predicted molar refractivity (Wildman–Crippen MR) is 278 cm³/mol. The number of unbranched alkanes of at least 4 members (excludes halogenated alkanes) is 8. The Hall–Kier alpha value is -6.93. The van der Waals surface area contributed by atoms with Gasteiger partial charge in [0.15, 0.2) is 5.96 Å². The number of hydrazine groups is 1. The molecule has 1 fully saturated rings. The van der Waals surface area contributed by atoms with Crippen LogP contribution in [0, 0.1) is 0 Å². The average molecular weight is 1060 g/mol. The van der Waals surface area contributed by atoms with Crippen LogP contribution in [-0.2, 0) is 54.4 Å². The molecule has 26 nitrogen and oxygen atoms in total. The summed E-state index contributed by atoms with van der Waals surface area (Å²) in [5, 5.41) is 39.8. The molecule has 18 N–H and O–H groups in total. The zero-order chi connectivity index (χ0) is 55.5. The van der Waals surface area contributed by atoms with Gasteiger partial charge in [0.1, 0.15) is 36.3 Å². The first-order valence-electron chi connectivity index (χ1n) is 25.9. The summed E-state index contributed by atoms with van der Waals surface area (Å²) in [5.74, 6) is -9.45. The van der Waals surface area contributed by atoms with E-state index in [-0.39, 0.29) is 50.6 Å². The Morgan fingerprint density at radius 1 is 0.667 bits per heavy atom. The van der Waals surface area contributed by atoms with Gasteiger partial charge in [0.2, 0.25) is 47.3 Å². The average Bonchev–Trinajstić information content (AvgIpc) is 3.92. The lowest BCUT2D eigenvalue weighted by Gasteiger charge is -2.25. The van der Waals surface area contributed by atoms with Crippen molar-refractivity contribution < 1.29 is 58.2 Å². The zero-order valence-corrected chi connectivity index (χ0v) is 43.3. The molecule has 1 aromatic carbocycles. The summed E-state index contributed by atoms with van der Waals surface area (Å²) in [6, 6.07) is -0.308. The van der Waals surface area contributed by atoms with Gasteiger partial charge in [-0.05, 0) is 76.9 Å². The van der Waals surface area contributed by atoms with Crippen molar-refractivity contribution in [1.29, 1.82) is 0 Å². The highest BCUT2D eigenvalue weighted by Gasteiger charge is 2.32. The Balaban J connectivity index is 2.22. The number of nitrogens with one attached hydrogen (secondary N) is 10. The van der Waals surface area contributed by atoms with Gasteiger partial charge in [-0.25, -0.2) is 10.2 Å². The zero-order valence-electron chi connectivity index (χ0n) is 43.3. The molecule has 1 aliphatic rings. The van der Waals surface area contributed by atoms with Gasteiger partial charge in [0.25, 0.3) is 0 Å². The molecule has 1 aliphatic heterocycles. The van der Waals surface area contributed by atoms with E-state index >= 15 is 0 Å². The molecule has 2 rings (SSSR count). The van der Waals surface area contributed by atoms with Crippen molar-refractivity contribution in [2.75, 3.05) is 32.7 Å². The lowest BCUT2D eigenvalue weighted by molar-refractivity contribution is -0.143. The molecule has 0 radical (unpaired) electrons. The van der Waals surface area contributed by atoms with Gasteiger partial charge in [-0.15, -0.1) is 0 Å². The van der Waals surface area contributed by atoms with Gasteiger partial charge >= 0.3 is 11.9 Å². The molecule has 7 atom stereocenters. The number of hydrogen-bond donors (Lipinski definition) is 15. The number of amides is 8. The number of aliphatic carboxylic acids is 2. The summed E-state index contributed by atoms with van der Waals surface area (Å²) in [4.78, 5) is 135. The van der Waals surface area contributed by atoms with Crippen molar-refractivity contribution in [1.82, 2.24) is 53.4 Å². The number of hydrogen-bond acceptors (Lipinski definition) is 14. The maximum absolute atomic E-state index is 14.0. The second-order valence-corrected chi connectivity index (χ2v) is 18.5. The van der Waals surface area contributed by atoms with Gasteiger partial charge in [0.05, 0.1) is 25.4 Å². The van der Waals surface area contributed by atoms with Gasteiger partial charge < -0.3 is 69.9 Å². The third kappa shape index (κ3) is 27.8. The Morgan fingerprint density at radius 2 is 1.28 bits per heavy atom. The molecule has 0 bridgehead atoms. The minimum absolute atomic E-state index is 0.0496. The molecule has 0 unspecified atom stereocenters. The number of aliphatic imine (C=N–C) groups is 1. The number of benzene rings is 1. The van der Waals surface area contributed by atoms with Crippen LogP contribution in [0.3, 0.4) is 0 Å². The first kappa shape index (κ1) is 64.2. The summed E-state index contributed by atoms with van der Waals surface area (Å²) in [7, 11) is 0. The number of nitrogens with zero attached hydrogens (tertiary/aromatic N) is 1. The molecule has 26 heteroatoms. The van der Waals surface area contributed by atoms with Crippen LogP contribution in [0.2, 0.25) is 0 Å². The minimum Gasteiger partial charge on any atom is -0.481 e. The van der Waals surface area contributed by atoms with E-state index in [0.717, 1.165) is 44.9 Å². The van der Waals surface area contributed by atoms with E-state index in [0.29, 0.717) is 44.3 Å². The fourth-order valence-electron chi connectivity index (χ4n) is 7.84. The Labute approximate surface area is 438 Å². The maximum Gasteiger partial charge on any atom is 0.326 e. The van der Waals surface area contributed by atoms with E-state index in [1.165, 1.54) is 13.3 Å². The summed E-state index contributed by atoms with van der Waals surface area (Å²) in [6.45, 7) is 4.09. The van der Waals surface area contributed by atoms with E-state index in [1.807, 2.05) is 0 Å². The molecule has 0 spiro atoms. The van der Waals surface area contributed by atoms with Crippen LogP contribution in [0.15, 0.2) is 35.3 Å². The van der Waals surface area contributed by atoms with Crippen molar-refractivity contribution in [3.8, 4) is 0 Å². The van der Waals surface area contributed by atoms with Crippen LogP contribution < -0.4 is 70.6 Å². The van der Waals surface area contributed by atoms with Crippen LogP contribution in [0.5, 0.6) is 0 Å². The summed E-state index contributed by atoms with van der Waals surface area (Å²) in [5.41, 5.74) is 22.1. The topological polar surface area (TPSA) is 422 Å². The number of carboxylic acids is 2. The number of guanidine groups is 1. The molecule has 1 heterocycles. The molecular weight excluding hydrogens is 977 g/mol. The Bertz CT molecular complexity index is 2020. The molecule has 1 saturated heterocycles. The van der Waals surface area contributed by atoms with Crippen molar-refractivity contribution in [3.63, 3.8) is 0 Å². The van der Waals surface area contributed by atoms with Crippen LogP contribution in [-0.4, -0.2) is 150 Å². The number of nitrogens with two attached hydrogens (primary N) is 3. The van der Waals surface area contributed by atoms with Crippen molar-refractivity contribution >= 4 is 65.2 Å². The standard InChI is InChI=1S/C49H82N14O12/c1-3-4-5-6-7-8-9-15-24-54-44(70)36(60-46(72)34(20-13-14-23-50)59-42(68)31(2)57-45(71)33-21-16-25-53-33)28-39(64)63-62-35(22-17-26-55-49(51)52)43(69)56-30-40(65)58-37(29-41(66)67)47(73)61-38(48(74)75)27-32-18-11-10-12-19-32/h10-12,18-19,31,33-38,53,62H,3-9,13-17,20-30,50H2,1-2H3,(H,54,70)(H,56,69)(H,57,71)(H,58,65)(H,59,68)(H,60,72)(H,61,73)(H,63,64)(H,66,67)(H,74,75)(H4,51,52,55)/t31-,33-,34-,35-,36-,37-,38-/m0/s1. The number of carbonyl (C=O) groups is 10. The minimum atomic E-state index is -1.74. The molecule has 0 saturated carbocycles. The number of carboxylic acid groups (broad SMARTS) is 2. The fraction of sp³-hybridized carbons (Fsp3) is 0.653. The summed E-state index contributed by atoms with van der Waals surface area (Å²) in [6.07, 6.45) is 8.89. The highest BCUT2D eigenvalue weighted by molar-refractivity contribution is 5.97. The monoisotopic (exact) mass is 1060 g/mol. The molecule has 420 valence electrons. The first-order valence-corrected chi connectivity index (χ1v) is 25.9. The van der Waals surface area contributed by atoms with E-state index < -0.39 is 115 Å². The molecule has 8 amide bonds. The smallest absolute Gasteiger partial charge is 0.326 e. The van der Waals surface area contributed by atoms with Crippen LogP contribution in [0.25, 0.3) is 0 Å². The van der Waals surface area contributed by atoms with Gasteiger partial charge in [-0.3, -0.25) is 53.6 Å². The quantitative estimate of drug-likeness (QED) is 0.0146. The summed E-state index contributed by atoms with van der Waals surface area (Å²) >= 11 is 0.